The van der Waals surface area contributed by atoms with Crippen LogP contribution < -0.4 is 5.32 Å². The molecule has 110 valence electrons. The average Bonchev–Trinajstić information content (AvgIpc) is 2.89. The molecule has 2 bridgehead atoms. The fraction of sp³-hybridized carbons (Fsp3) is 0.471. The van der Waals surface area contributed by atoms with Gasteiger partial charge in [0.2, 0.25) is 0 Å². The first kappa shape index (κ1) is 12.9. The molecule has 0 saturated carbocycles. The van der Waals surface area contributed by atoms with Gasteiger partial charge in [0.15, 0.2) is 0 Å². The number of carbonyl (C=O) groups excluding carboxylic acids is 1. The Kier molecular flexibility index (Phi) is 3.00. The van der Waals surface area contributed by atoms with Gasteiger partial charge >= 0.3 is 0 Å². The standard InChI is InChI=1S/C17H20N2O2/c1-11-10-21-16-8-13(2-3-14(11)16)17(20)18-15-9-19-6-4-12(15)5-7-19/h2-3,8,10,12,15H,4-7,9H2,1H3,(H,18,20)/t15-/m0/s1. The van der Waals surface area contributed by atoms with Crippen LogP contribution in [0.4, 0.5) is 0 Å². The summed E-state index contributed by atoms with van der Waals surface area (Å²) in [7, 11) is 0. The number of hydrogen-bond acceptors (Lipinski definition) is 3. The van der Waals surface area contributed by atoms with Gasteiger partial charge in [0, 0.05) is 23.5 Å². The fourth-order valence-corrected chi connectivity index (χ4v) is 3.68. The van der Waals surface area contributed by atoms with E-state index in [4.69, 9.17) is 4.42 Å². The summed E-state index contributed by atoms with van der Waals surface area (Å²) in [5, 5.41) is 4.29. The van der Waals surface area contributed by atoms with E-state index in [1.165, 1.54) is 25.9 Å². The van der Waals surface area contributed by atoms with E-state index >= 15 is 0 Å². The third kappa shape index (κ3) is 2.23. The molecule has 0 unspecified atom stereocenters. The second-order valence-corrected chi connectivity index (χ2v) is 6.35. The zero-order valence-corrected chi connectivity index (χ0v) is 12.3. The lowest BCUT2D eigenvalue weighted by Gasteiger charge is -2.44. The third-order valence-corrected chi connectivity index (χ3v) is 5.00. The van der Waals surface area contributed by atoms with Crippen molar-refractivity contribution in [3.63, 3.8) is 0 Å². The Hall–Kier alpha value is -1.81. The fourth-order valence-electron chi connectivity index (χ4n) is 3.68. The summed E-state index contributed by atoms with van der Waals surface area (Å²) in [5.41, 5.74) is 2.58. The molecule has 1 aromatic heterocycles. The van der Waals surface area contributed by atoms with E-state index in [-0.39, 0.29) is 5.91 Å². The summed E-state index contributed by atoms with van der Waals surface area (Å²) < 4.78 is 5.49. The van der Waals surface area contributed by atoms with Gasteiger partial charge in [-0.2, -0.15) is 0 Å². The maximum atomic E-state index is 12.5. The molecular weight excluding hydrogens is 264 g/mol. The van der Waals surface area contributed by atoms with Crippen molar-refractivity contribution in [3.05, 3.63) is 35.6 Å². The van der Waals surface area contributed by atoms with Gasteiger partial charge in [-0.25, -0.2) is 0 Å². The largest absolute Gasteiger partial charge is 0.464 e. The van der Waals surface area contributed by atoms with Crippen LogP contribution in [0.2, 0.25) is 0 Å². The minimum absolute atomic E-state index is 0.0182. The Morgan fingerprint density at radius 2 is 2.14 bits per heavy atom. The molecule has 3 aliphatic heterocycles. The van der Waals surface area contributed by atoms with Crippen molar-refractivity contribution in [2.24, 2.45) is 5.92 Å². The molecule has 1 atom stereocenters. The molecule has 3 aliphatic rings. The van der Waals surface area contributed by atoms with E-state index < -0.39 is 0 Å². The van der Waals surface area contributed by atoms with Crippen LogP contribution in [-0.2, 0) is 0 Å². The van der Waals surface area contributed by atoms with Gasteiger partial charge in [-0.15, -0.1) is 0 Å². The van der Waals surface area contributed by atoms with Crippen molar-refractivity contribution in [2.75, 3.05) is 19.6 Å². The summed E-state index contributed by atoms with van der Waals surface area (Å²) in [6, 6.07) is 6.01. The molecule has 1 amide bonds. The Balaban J connectivity index is 1.53. The van der Waals surface area contributed by atoms with Crippen molar-refractivity contribution in [1.82, 2.24) is 10.2 Å². The SMILES string of the molecule is Cc1coc2cc(C(=O)N[C@H]3CN4CCC3CC4)ccc12. The molecule has 4 nitrogen and oxygen atoms in total. The zero-order chi connectivity index (χ0) is 14.4. The molecule has 3 saturated heterocycles. The monoisotopic (exact) mass is 284 g/mol. The number of amides is 1. The van der Waals surface area contributed by atoms with Crippen molar-refractivity contribution in [1.29, 1.82) is 0 Å². The lowest BCUT2D eigenvalue weighted by atomic mass is 9.84. The van der Waals surface area contributed by atoms with Crippen LogP contribution >= 0.6 is 0 Å². The van der Waals surface area contributed by atoms with Gasteiger partial charge in [0.1, 0.15) is 5.58 Å². The number of fused-ring (bicyclic) bond motifs is 4. The Labute approximate surface area is 124 Å². The average molecular weight is 284 g/mol. The van der Waals surface area contributed by atoms with Crippen molar-refractivity contribution < 1.29 is 9.21 Å². The number of aryl methyl sites for hydroxylation is 1. The summed E-state index contributed by atoms with van der Waals surface area (Å²) in [4.78, 5) is 14.9. The van der Waals surface area contributed by atoms with Gasteiger partial charge in [0.05, 0.1) is 6.26 Å². The first-order valence-electron chi connectivity index (χ1n) is 7.72. The third-order valence-electron chi connectivity index (χ3n) is 5.00. The Bertz CT molecular complexity index is 683. The Morgan fingerprint density at radius 1 is 1.33 bits per heavy atom. The molecule has 0 radical (unpaired) electrons. The first-order chi connectivity index (χ1) is 10.2. The number of nitrogens with zero attached hydrogens (tertiary/aromatic N) is 1. The minimum Gasteiger partial charge on any atom is -0.464 e. The highest BCUT2D eigenvalue weighted by Crippen LogP contribution is 2.28. The molecular formula is C17H20N2O2. The number of benzene rings is 1. The van der Waals surface area contributed by atoms with Crippen molar-refractivity contribution in [3.8, 4) is 0 Å². The normalized spacial score (nSPS) is 28.0. The number of carbonyl (C=O) groups is 1. The lowest BCUT2D eigenvalue weighted by Crippen LogP contribution is -2.57. The first-order valence-corrected chi connectivity index (χ1v) is 7.72. The number of furan rings is 1. The predicted molar refractivity (Wildman–Crippen MR) is 81.4 cm³/mol. The predicted octanol–water partition coefficient (Wildman–Crippen LogP) is 2.57. The van der Waals surface area contributed by atoms with E-state index in [1.807, 2.05) is 25.1 Å². The number of hydrogen-bond donors (Lipinski definition) is 1. The zero-order valence-electron chi connectivity index (χ0n) is 12.3. The van der Waals surface area contributed by atoms with Crippen LogP contribution in [0.25, 0.3) is 11.0 Å². The van der Waals surface area contributed by atoms with Gasteiger partial charge in [-0.1, -0.05) is 6.07 Å². The van der Waals surface area contributed by atoms with Gasteiger partial charge in [0.25, 0.3) is 5.91 Å². The smallest absolute Gasteiger partial charge is 0.251 e. The molecule has 1 aromatic carbocycles. The molecule has 4 heteroatoms. The van der Waals surface area contributed by atoms with E-state index in [9.17, 15) is 4.79 Å². The number of rotatable bonds is 2. The van der Waals surface area contributed by atoms with Gasteiger partial charge in [-0.3, -0.25) is 4.79 Å². The summed E-state index contributed by atoms with van der Waals surface area (Å²) >= 11 is 0. The molecule has 21 heavy (non-hydrogen) atoms. The Morgan fingerprint density at radius 3 is 2.86 bits per heavy atom. The molecule has 2 aromatic rings. The molecule has 0 spiro atoms. The highest BCUT2D eigenvalue weighted by Gasteiger charge is 2.34. The highest BCUT2D eigenvalue weighted by molar-refractivity contribution is 5.98. The molecule has 4 heterocycles. The van der Waals surface area contributed by atoms with Gasteiger partial charge < -0.3 is 14.6 Å². The minimum atomic E-state index is 0.0182. The number of piperidine rings is 3. The van der Waals surface area contributed by atoms with Crippen LogP contribution in [0.15, 0.2) is 28.9 Å². The van der Waals surface area contributed by atoms with Crippen LogP contribution in [0.5, 0.6) is 0 Å². The summed E-state index contributed by atoms with van der Waals surface area (Å²) in [6.07, 6.45) is 4.16. The molecule has 3 fully saturated rings. The topological polar surface area (TPSA) is 45.5 Å². The second-order valence-electron chi connectivity index (χ2n) is 6.35. The van der Waals surface area contributed by atoms with E-state index in [1.54, 1.807) is 6.26 Å². The molecule has 1 N–H and O–H groups in total. The maximum Gasteiger partial charge on any atom is 0.251 e. The highest BCUT2D eigenvalue weighted by atomic mass is 16.3. The molecule has 5 rings (SSSR count). The lowest BCUT2D eigenvalue weighted by molar-refractivity contribution is 0.0620. The van der Waals surface area contributed by atoms with E-state index in [2.05, 4.69) is 10.2 Å². The van der Waals surface area contributed by atoms with Crippen molar-refractivity contribution in [2.45, 2.75) is 25.8 Å². The van der Waals surface area contributed by atoms with E-state index in [0.717, 1.165) is 23.1 Å². The quantitative estimate of drug-likeness (QED) is 0.922. The number of nitrogens with one attached hydrogen (secondary N) is 1. The molecule has 0 aliphatic carbocycles. The van der Waals surface area contributed by atoms with Gasteiger partial charge in [-0.05, 0) is 56.5 Å². The summed E-state index contributed by atoms with van der Waals surface area (Å²) in [6.45, 7) is 5.39. The van der Waals surface area contributed by atoms with Crippen molar-refractivity contribution >= 4 is 16.9 Å². The van der Waals surface area contributed by atoms with Crippen LogP contribution in [0, 0.1) is 12.8 Å². The maximum absolute atomic E-state index is 12.5. The van der Waals surface area contributed by atoms with Crippen LogP contribution in [-0.4, -0.2) is 36.5 Å². The second kappa shape index (κ2) is 4.88. The van der Waals surface area contributed by atoms with Crippen LogP contribution in [0.1, 0.15) is 28.8 Å². The summed E-state index contributed by atoms with van der Waals surface area (Å²) in [5.74, 6) is 0.665. The van der Waals surface area contributed by atoms with Crippen LogP contribution in [0.3, 0.4) is 0 Å². The van der Waals surface area contributed by atoms with E-state index in [0.29, 0.717) is 17.5 Å².